The summed E-state index contributed by atoms with van der Waals surface area (Å²) in [5, 5.41) is 6.52. The molecule has 0 fully saturated rings. The van der Waals surface area contributed by atoms with E-state index >= 15 is 0 Å². The van der Waals surface area contributed by atoms with Crippen molar-refractivity contribution in [1.82, 2.24) is 14.8 Å². The quantitative estimate of drug-likeness (QED) is 0.590. The molecule has 7 heteroatoms. The highest BCUT2D eigenvalue weighted by atomic mass is 16.5. The number of para-hydroxylation sites is 3. The average molecular weight is 409 g/mol. The van der Waals surface area contributed by atoms with Crippen LogP contribution in [0.2, 0.25) is 0 Å². The molecule has 1 unspecified atom stereocenters. The number of carbonyl (C=O) groups is 2. The van der Waals surface area contributed by atoms with E-state index < -0.39 is 11.8 Å². The van der Waals surface area contributed by atoms with Crippen LogP contribution < -0.4 is 15.4 Å². The van der Waals surface area contributed by atoms with Gasteiger partial charge in [0.05, 0.1) is 18.3 Å². The molecule has 1 heterocycles. The molecule has 2 aromatic carbocycles. The molecule has 0 aliphatic carbocycles. The lowest BCUT2D eigenvalue weighted by atomic mass is 10.0. The summed E-state index contributed by atoms with van der Waals surface area (Å²) in [5.41, 5.74) is 2.69. The Balaban J connectivity index is 1.70. The highest BCUT2D eigenvalue weighted by Gasteiger charge is 2.22. The van der Waals surface area contributed by atoms with Gasteiger partial charge in [-0.05, 0) is 44.8 Å². The number of aromatic nitrogens is 1. The number of benzene rings is 2. The van der Waals surface area contributed by atoms with Crippen molar-refractivity contribution in [2.24, 2.45) is 7.05 Å². The Morgan fingerprint density at radius 2 is 1.77 bits per heavy atom. The average Bonchev–Trinajstić information content (AvgIpc) is 3.06. The summed E-state index contributed by atoms with van der Waals surface area (Å²) in [5.74, 6) is -0.881. The third kappa shape index (κ3) is 4.63. The van der Waals surface area contributed by atoms with Crippen LogP contribution in [0.25, 0.3) is 10.9 Å². The highest BCUT2D eigenvalue weighted by molar-refractivity contribution is 6.39. The Labute approximate surface area is 176 Å². The number of fused-ring (bicyclic) bond motifs is 1. The molecule has 1 aromatic heterocycles. The molecule has 2 N–H and O–H groups in total. The molecule has 30 heavy (non-hydrogen) atoms. The van der Waals surface area contributed by atoms with Gasteiger partial charge in [-0.25, -0.2) is 0 Å². The Morgan fingerprint density at radius 1 is 1.07 bits per heavy atom. The molecule has 2 amide bonds. The first-order valence-electron chi connectivity index (χ1n) is 9.93. The summed E-state index contributed by atoms with van der Waals surface area (Å²) in [6, 6.07) is 15.1. The molecule has 0 aliphatic rings. The van der Waals surface area contributed by atoms with E-state index in [-0.39, 0.29) is 6.04 Å². The van der Waals surface area contributed by atoms with Gasteiger partial charge in [-0.3, -0.25) is 9.59 Å². The lowest BCUT2D eigenvalue weighted by Crippen LogP contribution is -2.40. The summed E-state index contributed by atoms with van der Waals surface area (Å²) in [4.78, 5) is 26.9. The van der Waals surface area contributed by atoms with Gasteiger partial charge in [0.25, 0.3) is 0 Å². The van der Waals surface area contributed by atoms with Crippen molar-refractivity contribution in [1.29, 1.82) is 0 Å². The number of ether oxygens (including phenoxy) is 1. The predicted octanol–water partition coefficient (Wildman–Crippen LogP) is 2.93. The number of hydrogen-bond acceptors (Lipinski definition) is 4. The van der Waals surface area contributed by atoms with Gasteiger partial charge in [-0.1, -0.05) is 30.3 Å². The lowest BCUT2D eigenvalue weighted by molar-refractivity contribution is -0.136. The van der Waals surface area contributed by atoms with E-state index in [9.17, 15) is 9.59 Å². The normalized spacial score (nSPS) is 12.0. The fourth-order valence-electron chi connectivity index (χ4n) is 3.51. The summed E-state index contributed by atoms with van der Waals surface area (Å²) in [6.45, 7) is 2.63. The van der Waals surface area contributed by atoms with E-state index in [0.717, 1.165) is 16.5 Å². The van der Waals surface area contributed by atoms with E-state index in [1.807, 2.05) is 51.2 Å². The van der Waals surface area contributed by atoms with E-state index in [4.69, 9.17) is 4.74 Å². The second kappa shape index (κ2) is 9.45. The van der Waals surface area contributed by atoms with Crippen molar-refractivity contribution >= 4 is 28.4 Å². The third-order valence-corrected chi connectivity index (χ3v) is 5.01. The summed E-state index contributed by atoms with van der Waals surface area (Å²) >= 11 is 0. The number of nitrogens with one attached hydrogen (secondary N) is 2. The van der Waals surface area contributed by atoms with Crippen molar-refractivity contribution in [3.05, 3.63) is 60.3 Å². The van der Waals surface area contributed by atoms with Gasteiger partial charge < -0.3 is 24.8 Å². The first-order chi connectivity index (χ1) is 14.4. The maximum atomic E-state index is 12.5. The Bertz CT molecular complexity index is 1040. The zero-order chi connectivity index (χ0) is 21.7. The summed E-state index contributed by atoms with van der Waals surface area (Å²) < 4.78 is 7.56. The van der Waals surface area contributed by atoms with Crippen LogP contribution in [-0.4, -0.2) is 48.5 Å². The van der Waals surface area contributed by atoms with E-state index in [0.29, 0.717) is 24.6 Å². The van der Waals surface area contributed by atoms with E-state index in [1.165, 1.54) is 0 Å². The minimum Gasteiger partial charge on any atom is -0.492 e. The van der Waals surface area contributed by atoms with Gasteiger partial charge in [0.15, 0.2) is 0 Å². The molecule has 0 radical (unpaired) electrons. The molecule has 3 aromatic rings. The van der Waals surface area contributed by atoms with E-state index in [1.54, 1.807) is 18.2 Å². The SMILES string of the molecule is CCOc1ccccc1NC(=O)C(=O)NCC(c1cn(C)c2ccccc12)N(C)C. The standard InChI is InChI=1S/C23H28N4O3/c1-5-30-21-13-9-7-11-18(21)25-23(29)22(28)24-14-20(26(2)3)17-15-27(4)19-12-8-6-10-16(17)19/h6-13,15,20H,5,14H2,1-4H3,(H,24,28)(H,25,29). The van der Waals surface area contributed by atoms with Crippen molar-refractivity contribution in [2.45, 2.75) is 13.0 Å². The molecular weight excluding hydrogens is 380 g/mol. The van der Waals surface area contributed by atoms with Gasteiger partial charge >= 0.3 is 11.8 Å². The Morgan fingerprint density at radius 3 is 2.50 bits per heavy atom. The molecule has 0 bridgehead atoms. The van der Waals surface area contributed by atoms with Crippen LogP contribution in [0.1, 0.15) is 18.5 Å². The third-order valence-electron chi connectivity index (χ3n) is 5.01. The fraction of sp³-hybridized carbons (Fsp3) is 0.304. The van der Waals surface area contributed by atoms with Crippen LogP contribution in [0, 0.1) is 0 Å². The van der Waals surface area contributed by atoms with Crippen molar-refractivity contribution in [2.75, 3.05) is 32.6 Å². The molecule has 0 saturated carbocycles. The molecule has 158 valence electrons. The fourth-order valence-corrected chi connectivity index (χ4v) is 3.51. The Kier molecular flexibility index (Phi) is 6.74. The summed E-state index contributed by atoms with van der Waals surface area (Å²) in [7, 11) is 5.91. The first kappa shape index (κ1) is 21.4. The minimum absolute atomic E-state index is 0.0800. The highest BCUT2D eigenvalue weighted by Crippen LogP contribution is 2.28. The zero-order valence-corrected chi connectivity index (χ0v) is 17.8. The molecule has 0 spiro atoms. The van der Waals surface area contributed by atoms with Crippen LogP contribution in [0.3, 0.4) is 0 Å². The van der Waals surface area contributed by atoms with Gasteiger partial charge in [0.1, 0.15) is 5.75 Å². The van der Waals surface area contributed by atoms with Gasteiger partial charge in [-0.2, -0.15) is 0 Å². The number of amides is 2. The minimum atomic E-state index is -0.724. The number of anilines is 1. The van der Waals surface area contributed by atoms with Gasteiger partial charge in [0.2, 0.25) is 0 Å². The maximum Gasteiger partial charge on any atom is 0.313 e. The summed E-state index contributed by atoms with van der Waals surface area (Å²) in [6.07, 6.45) is 2.07. The van der Waals surface area contributed by atoms with Crippen LogP contribution >= 0.6 is 0 Å². The van der Waals surface area contributed by atoms with Crippen LogP contribution in [0.15, 0.2) is 54.7 Å². The van der Waals surface area contributed by atoms with Crippen LogP contribution in [0.4, 0.5) is 5.69 Å². The maximum absolute atomic E-state index is 12.5. The zero-order valence-electron chi connectivity index (χ0n) is 17.8. The largest absolute Gasteiger partial charge is 0.492 e. The number of rotatable bonds is 7. The Hall–Kier alpha value is -3.32. The first-order valence-corrected chi connectivity index (χ1v) is 9.93. The van der Waals surface area contributed by atoms with Gasteiger partial charge in [-0.15, -0.1) is 0 Å². The number of carbonyl (C=O) groups excluding carboxylic acids is 2. The molecule has 0 aliphatic heterocycles. The molecule has 3 rings (SSSR count). The number of nitrogens with zero attached hydrogens (tertiary/aromatic N) is 2. The molecule has 0 saturated heterocycles. The monoisotopic (exact) mass is 408 g/mol. The van der Waals surface area contributed by atoms with Crippen molar-refractivity contribution in [3.63, 3.8) is 0 Å². The second-order valence-corrected chi connectivity index (χ2v) is 7.29. The topological polar surface area (TPSA) is 75.6 Å². The number of aryl methyl sites for hydroxylation is 1. The van der Waals surface area contributed by atoms with Gasteiger partial charge in [0, 0.05) is 30.7 Å². The predicted molar refractivity (Wildman–Crippen MR) is 119 cm³/mol. The molecular formula is C23H28N4O3. The van der Waals surface area contributed by atoms with Crippen molar-refractivity contribution < 1.29 is 14.3 Å². The van der Waals surface area contributed by atoms with Crippen molar-refractivity contribution in [3.8, 4) is 5.75 Å². The number of likely N-dealkylation sites (N-methyl/N-ethyl adjacent to an activating group) is 1. The second-order valence-electron chi connectivity index (χ2n) is 7.29. The lowest BCUT2D eigenvalue weighted by Gasteiger charge is -2.24. The van der Waals surface area contributed by atoms with Crippen LogP contribution in [0.5, 0.6) is 5.75 Å². The smallest absolute Gasteiger partial charge is 0.313 e. The molecule has 1 atom stereocenters. The number of hydrogen-bond donors (Lipinski definition) is 2. The molecule has 7 nitrogen and oxygen atoms in total. The van der Waals surface area contributed by atoms with Crippen LogP contribution in [-0.2, 0) is 16.6 Å². The van der Waals surface area contributed by atoms with E-state index in [2.05, 4.69) is 33.5 Å².